The molecule has 1 atom stereocenters. The van der Waals surface area contributed by atoms with Crippen LogP contribution in [0, 0.1) is 6.92 Å². The molecule has 3 aromatic rings. The molecule has 1 heterocycles. The van der Waals surface area contributed by atoms with Crippen molar-refractivity contribution in [3.8, 4) is 0 Å². The molecular weight excluding hydrogens is 414 g/mol. The van der Waals surface area contributed by atoms with Gasteiger partial charge in [0.05, 0.1) is 17.8 Å². The molecule has 6 nitrogen and oxygen atoms in total. The number of aryl methyl sites for hydroxylation is 1. The van der Waals surface area contributed by atoms with Crippen molar-refractivity contribution in [2.24, 2.45) is 0 Å². The van der Waals surface area contributed by atoms with Crippen LogP contribution in [0.5, 0.6) is 0 Å². The summed E-state index contributed by atoms with van der Waals surface area (Å²) in [6, 6.07) is 19.9. The minimum Gasteiger partial charge on any atom is -0.326 e. The van der Waals surface area contributed by atoms with Crippen LogP contribution in [-0.2, 0) is 9.59 Å². The number of carbonyl (C=O) groups excluding carboxylic acids is 3. The van der Waals surface area contributed by atoms with E-state index >= 15 is 0 Å². The first kappa shape index (κ1) is 20.6. The number of hydrogen-bond acceptors (Lipinski definition) is 3. The van der Waals surface area contributed by atoms with E-state index in [2.05, 4.69) is 10.6 Å². The lowest BCUT2D eigenvalue weighted by molar-refractivity contribution is -0.122. The molecule has 0 spiro atoms. The Hall–Kier alpha value is -3.64. The van der Waals surface area contributed by atoms with Crippen molar-refractivity contribution in [1.29, 1.82) is 0 Å². The standard InChI is InChI=1S/C24H20ClN3O3/c1-15-5-4-6-16(13-15)24(31)28-20-8-3-2-7-19(20)27-23(30)21(28)14-22(29)26-18-11-9-17(25)10-12-18/h2-13,21H,14H2,1H3,(H,26,29)(H,27,30). The number of nitrogens with one attached hydrogen (secondary N) is 2. The van der Waals surface area contributed by atoms with Crippen LogP contribution in [0.15, 0.2) is 72.8 Å². The maximum absolute atomic E-state index is 13.4. The quantitative estimate of drug-likeness (QED) is 0.628. The lowest BCUT2D eigenvalue weighted by Gasteiger charge is -2.36. The molecule has 2 N–H and O–H groups in total. The van der Waals surface area contributed by atoms with Crippen molar-refractivity contribution < 1.29 is 14.4 Å². The summed E-state index contributed by atoms with van der Waals surface area (Å²) in [4.78, 5) is 40.5. The van der Waals surface area contributed by atoms with Crippen LogP contribution < -0.4 is 15.5 Å². The van der Waals surface area contributed by atoms with Gasteiger partial charge in [0.25, 0.3) is 5.91 Å². The van der Waals surface area contributed by atoms with Crippen molar-refractivity contribution in [1.82, 2.24) is 0 Å². The third-order valence-corrected chi connectivity index (χ3v) is 5.28. The Morgan fingerprint density at radius 2 is 1.77 bits per heavy atom. The molecular formula is C24H20ClN3O3. The van der Waals surface area contributed by atoms with Crippen LogP contribution in [0.3, 0.4) is 0 Å². The Labute approximate surface area is 184 Å². The molecule has 3 aromatic carbocycles. The molecule has 0 fully saturated rings. The number of para-hydroxylation sites is 2. The zero-order chi connectivity index (χ0) is 22.0. The third kappa shape index (κ3) is 4.44. The highest BCUT2D eigenvalue weighted by Crippen LogP contribution is 2.34. The normalized spacial score (nSPS) is 15.1. The molecule has 0 saturated heterocycles. The fraction of sp³-hybridized carbons (Fsp3) is 0.125. The number of amides is 3. The number of rotatable bonds is 4. The number of carbonyl (C=O) groups is 3. The lowest BCUT2D eigenvalue weighted by Crippen LogP contribution is -2.52. The average Bonchev–Trinajstić information content (AvgIpc) is 2.75. The molecule has 3 amide bonds. The summed E-state index contributed by atoms with van der Waals surface area (Å²) in [6.45, 7) is 1.89. The molecule has 4 rings (SSSR count). The topological polar surface area (TPSA) is 78.5 Å². The Morgan fingerprint density at radius 3 is 2.52 bits per heavy atom. The highest BCUT2D eigenvalue weighted by molar-refractivity contribution is 6.30. The van der Waals surface area contributed by atoms with Crippen LogP contribution >= 0.6 is 11.6 Å². The summed E-state index contributed by atoms with van der Waals surface area (Å²) in [5.74, 6) is -1.13. The van der Waals surface area contributed by atoms with Crippen molar-refractivity contribution in [3.63, 3.8) is 0 Å². The van der Waals surface area contributed by atoms with Crippen molar-refractivity contribution in [2.75, 3.05) is 15.5 Å². The Bertz CT molecular complexity index is 1160. The third-order valence-electron chi connectivity index (χ3n) is 5.03. The second-order valence-electron chi connectivity index (χ2n) is 7.33. The van der Waals surface area contributed by atoms with Gasteiger partial charge in [-0.25, -0.2) is 0 Å². The molecule has 7 heteroatoms. The largest absolute Gasteiger partial charge is 0.326 e. The van der Waals surface area contributed by atoms with E-state index in [1.54, 1.807) is 66.7 Å². The van der Waals surface area contributed by atoms with Gasteiger partial charge in [0.15, 0.2) is 0 Å². The zero-order valence-electron chi connectivity index (χ0n) is 16.8. The van der Waals surface area contributed by atoms with Crippen LogP contribution in [0.4, 0.5) is 17.1 Å². The SMILES string of the molecule is Cc1cccc(C(=O)N2c3ccccc3NC(=O)C2CC(=O)Nc2ccc(Cl)cc2)c1. The molecule has 1 aliphatic rings. The van der Waals surface area contributed by atoms with Gasteiger partial charge in [0.1, 0.15) is 6.04 Å². The lowest BCUT2D eigenvalue weighted by atomic mass is 10.0. The monoisotopic (exact) mass is 433 g/mol. The van der Waals surface area contributed by atoms with Gasteiger partial charge in [-0.2, -0.15) is 0 Å². The highest BCUT2D eigenvalue weighted by Gasteiger charge is 2.38. The van der Waals surface area contributed by atoms with E-state index < -0.39 is 11.9 Å². The average molecular weight is 434 g/mol. The van der Waals surface area contributed by atoms with E-state index in [0.717, 1.165) is 5.56 Å². The number of hydrogen-bond donors (Lipinski definition) is 2. The smallest absolute Gasteiger partial charge is 0.259 e. The Kier molecular flexibility index (Phi) is 5.73. The molecule has 1 unspecified atom stereocenters. The summed E-state index contributed by atoms with van der Waals surface area (Å²) in [5.41, 5.74) is 3.02. The minimum absolute atomic E-state index is 0.194. The summed E-state index contributed by atoms with van der Waals surface area (Å²) in [6.07, 6.45) is -0.194. The number of halogens is 1. The maximum atomic E-state index is 13.4. The summed E-state index contributed by atoms with van der Waals surface area (Å²) < 4.78 is 0. The van der Waals surface area contributed by atoms with E-state index in [9.17, 15) is 14.4 Å². The molecule has 1 aliphatic heterocycles. The summed E-state index contributed by atoms with van der Waals surface area (Å²) >= 11 is 5.88. The highest BCUT2D eigenvalue weighted by atomic mass is 35.5. The number of fused-ring (bicyclic) bond motifs is 1. The first-order valence-corrected chi connectivity index (χ1v) is 10.2. The molecule has 0 aliphatic carbocycles. The molecule has 0 aromatic heterocycles. The van der Waals surface area contributed by atoms with Gasteiger partial charge in [-0.1, -0.05) is 41.4 Å². The van der Waals surface area contributed by atoms with Gasteiger partial charge < -0.3 is 10.6 Å². The fourth-order valence-electron chi connectivity index (χ4n) is 3.56. The van der Waals surface area contributed by atoms with Crippen LogP contribution in [-0.4, -0.2) is 23.8 Å². The van der Waals surface area contributed by atoms with Crippen molar-refractivity contribution in [3.05, 3.63) is 88.9 Å². The van der Waals surface area contributed by atoms with Crippen LogP contribution in [0.2, 0.25) is 5.02 Å². The zero-order valence-corrected chi connectivity index (χ0v) is 17.5. The summed E-state index contributed by atoms with van der Waals surface area (Å²) in [7, 11) is 0. The second-order valence-corrected chi connectivity index (χ2v) is 7.76. The van der Waals surface area contributed by atoms with E-state index in [0.29, 0.717) is 27.6 Å². The van der Waals surface area contributed by atoms with E-state index in [-0.39, 0.29) is 18.2 Å². The molecule has 0 bridgehead atoms. The van der Waals surface area contributed by atoms with Gasteiger partial charge in [-0.15, -0.1) is 0 Å². The van der Waals surface area contributed by atoms with Gasteiger partial charge in [-0.3, -0.25) is 19.3 Å². The number of benzene rings is 3. The predicted octanol–water partition coefficient (Wildman–Crippen LogP) is 4.64. The van der Waals surface area contributed by atoms with Crippen LogP contribution in [0.25, 0.3) is 0 Å². The second kappa shape index (κ2) is 8.62. The Morgan fingerprint density at radius 1 is 1.03 bits per heavy atom. The van der Waals surface area contributed by atoms with E-state index in [1.807, 2.05) is 13.0 Å². The Balaban J connectivity index is 1.65. The van der Waals surface area contributed by atoms with Crippen LogP contribution in [0.1, 0.15) is 22.3 Å². The maximum Gasteiger partial charge on any atom is 0.259 e. The van der Waals surface area contributed by atoms with Gasteiger partial charge in [0.2, 0.25) is 11.8 Å². The first-order valence-electron chi connectivity index (χ1n) is 9.78. The van der Waals surface area contributed by atoms with Gasteiger partial charge in [0, 0.05) is 16.3 Å². The first-order chi connectivity index (χ1) is 14.9. The predicted molar refractivity (Wildman–Crippen MR) is 122 cm³/mol. The van der Waals surface area contributed by atoms with Crippen molar-refractivity contribution >= 4 is 46.4 Å². The molecule has 0 radical (unpaired) electrons. The summed E-state index contributed by atoms with van der Waals surface area (Å²) in [5, 5.41) is 6.11. The number of nitrogens with zero attached hydrogens (tertiary/aromatic N) is 1. The van der Waals surface area contributed by atoms with Gasteiger partial charge >= 0.3 is 0 Å². The molecule has 0 saturated carbocycles. The molecule has 31 heavy (non-hydrogen) atoms. The van der Waals surface area contributed by atoms with Gasteiger partial charge in [-0.05, 0) is 55.5 Å². The fourth-order valence-corrected chi connectivity index (χ4v) is 3.69. The molecule has 156 valence electrons. The van der Waals surface area contributed by atoms with E-state index in [4.69, 9.17) is 11.6 Å². The van der Waals surface area contributed by atoms with Crippen molar-refractivity contribution in [2.45, 2.75) is 19.4 Å². The minimum atomic E-state index is -0.991. The number of anilines is 3. The van der Waals surface area contributed by atoms with E-state index in [1.165, 1.54) is 4.90 Å².